The highest BCUT2D eigenvalue weighted by Gasteiger charge is 2.19. The van der Waals surface area contributed by atoms with Crippen LogP contribution in [0, 0.1) is 18.3 Å². The molecule has 0 aromatic carbocycles. The lowest BCUT2D eigenvalue weighted by Crippen LogP contribution is -2.34. The molecule has 0 radical (unpaired) electrons. The van der Waals surface area contributed by atoms with E-state index in [4.69, 9.17) is 12.2 Å². The lowest BCUT2D eigenvalue weighted by Gasteiger charge is -2.32. The summed E-state index contributed by atoms with van der Waals surface area (Å²) in [5.41, 5.74) is 5.63. The number of amides is 1. The molecule has 2 heterocycles. The van der Waals surface area contributed by atoms with Gasteiger partial charge in [0.15, 0.2) is 0 Å². The van der Waals surface area contributed by atoms with Gasteiger partial charge in [-0.2, -0.15) is 0 Å². The van der Waals surface area contributed by atoms with Gasteiger partial charge in [0.1, 0.15) is 5.82 Å². The van der Waals surface area contributed by atoms with E-state index in [1.165, 1.54) is 6.20 Å². The van der Waals surface area contributed by atoms with Crippen LogP contribution in [0.5, 0.6) is 0 Å². The first-order chi connectivity index (χ1) is 8.70. The summed E-state index contributed by atoms with van der Waals surface area (Å²) in [5.74, 6) is 3.82. The van der Waals surface area contributed by atoms with Crippen LogP contribution in [-0.4, -0.2) is 24.0 Å². The van der Waals surface area contributed by atoms with E-state index in [0.717, 1.165) is 38.2 Å². The van der Waals surface area contributed by atoms with Crippen LogP contribution in [-0.2, 0) is 0 Å². The number of carbonyl (C=O) groups excluding carboxylic acids is 1. The number of carbonyl (C=O) groups is 1. The summed E-state index contributed by atoms with van der Waals surface area (Å²) in [6, 6.07) is 3.57. The molecule has 1 aromatic rings. The normalized spacial score (nSPS) is 16.3. The molecule has 1 saturated heterocycles. The van der Waals surface area contributed by atoms with E-state index in [2.05, 4.69) is 15.8 Å². The van der Waals surface area contributed by atoms with Crippen molar-refractivity contribution >= 4 is 11.7 Å². The summed E-state index contributed by atoms with van der Waals surface area (Å²) in [7, 11) is 0. The van der Waals surface area contributed by atoms with Gasteiger partial charge in [-0.25, -0.2) is 4.98 Å². The number of primary amides is 1. The molecule has 0 bridgehead atoms. The summed E-state index contributed by atoms with van der Waals surface area (Å²) in [4.78, 5) is 17.5. The maximum atomic E-state index is 11.0. The quantitative estimate of drug-likeness (QED) is 0.817. The largest absolute Gasteiger partial charge is 0.366 e. The zero-order valence-electron chi connectivity index (χ0n) is 10.3. The van der Waals surface area contributed by atoms with Crippen molar-refractivity contribution in [3.05, 3.63) is 23.9 Å². The highest BCUT2D eigenvalue weighted by Crippen LogP contribution is 2.23. The molecule has 1 aliphatic rings. The number of hydrogen-bond donors (Lipinski definition) is 1. The van der Waals surface area contributed by atoms with Gasteiger partial charge in [-0.1, -0.05) is 0 Å². The van der Waals surface area contributed by atoms with Crippen LogP contribution in [0.2, 0.25) is 0 Å². The molecule has 1 aliphatic heterocycles. The van der Waals surface area contributed by atoms with Crippen LogP contribution in [0.1, 0.15) is 29.6 Å². The van der Waals surface area contributed by atoms with Gasteiger partial charge >= 0.3 is 0 Å². The zero-order valence-corrected chi connectivity index (χ0v) is 10.3. The Morgan fingerprint density at radius 1 is 1.50 bits per heavy atom. The van der Waals surface area contributed by atoms with Crippen molar-refractivity contribution in [2.45, 2.75) is 19.3 Å². The molecule has 0 aliphatic carbocycles. The maximum absolute atomic E-state index is 11.0. The van der Waals surface area contributed by atoms with E-state index >= 15 is 0 Å². The third kappa shape index (κ3) is 2.80. The maximum Gasteiger partial charge on any atom is 0.250 e. The predicted octanol–water partition coefficient (Wildman–Crippen LogP) is 1.42. The number of piperidine rings is 1. The standard InChI is InChI=1S/C14H17N3O/c1-2-3-11-6-8-17(9-7-11)13-5-4-12(10-16-13)14(15)18/h1,4-5,10-11H,3,6-9H2,(H2,15,18). The molecule has 1 aromatic heterocycles. The fourth-order valence-corrected chi connectivity index (χ4v) is 2.25. The number of aromatic nitrogens is 1. The molecule has 1 fully saturated rings. The average molecular weight is 243 g/mol. The van der Waals surface area contributed by atoms with Gasteiger partial charge in [-0.05, 0) is 30.9 Å². The Balaban J connectivity index is 1.97. The molecule has 0 unspecified atom stereocenters. The summed E-state index contributed by atoms with van der Waals surface area (Å²) in [6.07, 6.45) is 9.93. The van der Waals surface area contributed by atoms with Crippen molar-refractivity contribution in [3.63, 3.8) is 0 Å². The summed E-state index contributed by atoms with van der Waals surface area (Å²) < 4.78 is 0. The molecular weight excluding hydrogens is 226 g/mol. The Labute approximate surface area is 107 Å². The van der Waals surface area contributed by atoms with Gasteiger partial charge in [0.2, 0.25) is 5.91 Å². The first kappa shape index (κ1) is 12.4. The summed E-state index contributed by atoms with van der Waals surface area (Å²) >= 11 is 0. The molecule has 18 heavy (non-hydrogen) atoms. The van der Waals surface area contributed by atoms with Crippen LogP contribution in [0.4, 0.5) is 5.82 Å². The van der Waals surface area contributed by atoms with Gasteiger partial charge in [-0.15, -0.1) is 12.3 Å². The molecule has 94 valence electrons. The SMILES string of the molecule is C#CCC1CCN(c2ccc(C(N)=O)cn2)CC1. The van der Waals surface area contributed by atoms with Crippen molar-refractivity contribution in [3.8, 4) is 12.3 Å². The number of nitrogens with zero attached hydrogens (tertiary/aromatic N) is 2. The van der Waals surface area contributed by atoms with Gasteiger partial charge in [0.05, 0.1) is 5.56 Å². The molecule has 4 heteroatoms. The zero-order chi connectivity index (χ0) is 13.0. The fraction of sp³-hybridized carbons (Fsp3) is 0.429. The van der Waals surface area contributed by atoms with Crippen molar-refractivity contribution in [2.75, 3.05) is 18.0 Å². The van der Waals surface area contributed by atoms with E-state index in [0.29, 0.717) is 11.5 Å². The first-order valence-corrected chi connectivity index (χ1v) is 6.15. The van der Waals surface area contributed by atoms with E-state index in [1.54, 1.807) is 6.07 Å². The van der Waals surface area contributed by atoms with Gasteiger partial charge in [-0.3, -0.25) is 4.79 Å². The monoisotopic (exact) mass is 243 g/mol. The molecule has 2 rings (SSSR count). The minimum absolute atomic E-state index is 0.443. The first-order valence-electron chi connectivity index (χ1n) is 6.15. The molecule has 0 atom stereocenters. The highest BCUT2D eigenvalue weighted by atomic mass is 16.1. The third-order valence-electron chi connectivity index (χ3n) is 3.38. The minimum atomic E-state index is -0.443. The van der Waals surface area contributed by atoms with Crippen molar-refractivity contribution in [1.82, 2.24) is 4.98 Å². The van der Waals surface area contributed by atoms with Gasteiger partial charge in [0.25, 0.3) is 0 Å². The van der Waals surface area contributed by atoms with Crippen LogP contribution >= 0.6 is 0 Å². The molecule has 1 amide bonds. The number of nitrogens with two attached hydrogens (primary N) is 1. The van der Waals surface area contributed by atoms with Crippen molar-refractivity contribution < 1.29 is 4.79 Å². The van der Waals surface area contributed by atoms with Crippen LogP contribution in [0.25, 0.3) is 0 Å². The predicted molar refractivity (Wildman–Crippen MR) is 71.1 cm³/mol. The Kier molecular flexibility index (Phi) is 3.83. The summed E-state index contributed by atoms with van der Waals surface area (Å²) in [6.45, 7) is 1.94. The lowest BCUT2D eigenvalue weighted by molar-refractivity contribution is 0.1000. The topological polar surface area (TPSA) is 59.2 Å². The van der Waals surface area contributed by atoms with Gasteiger partial charge < -0.3 is 10.6 Å². The van der Waals surface area contributed by atoms with E-state index in [9.17, 15) is 4.79 Å². The smallest absolute Gasteiger partial charge is 0.250 e. The lowest BCUT2D eigenvalue weighted by atomic mass is 9.94. The molecular formula is C14H17N3O. The second kappa shape index (κ2) is 5.54. The second-order valence-corrected chi connectivity index (χ2v) is 4.61. The highest BCUT2D eigenvalue weighted by molar-refractivity contribution is 5.92. The Hall–Kier alpha value is -2.02. The Morgan fingerprint density at radius 2 is 2.22 bits per heavy atom. The number of anilines is 1. The molecule has 4 nitrogen and oxygen atoms in total. The fourth-order valence-electron chi connectivity index (χ4n) is 2.25. The minimum Gasteiger partial charge on any atom is -0.366 e. The van der Waals surface area contributed by atoms with Crippen LogP contribution in [0.15, 0.2) is 18.3 Å². The average Bonchev–Trinajstić information content (AvgIpc) is 2.40. The van der Waals surface area contributed by atoms with Gasteiger partial charge in [0, 0.05) is 25.7 Å². The molecule has 0 saturated carbocycles. The number of hydrogen-bond acceptors (Lipinski definition) is 3. The van der Waals surface area contributed by atoms with Crippen LogP contribution in [0.3, 0.4) is 0 Å². The van der Waals surface area contributed by atoms with E-state index in [-0.39, 0.29) is 0 Å². The second-order valence-electron chi connectivity index (χ2n) is 4.61. The molecule has 2 N–H and O–H groups in total. The van der Waals surface area contributed by atoms with Crippen LogP contribution < -0.4 is 10.6 Å². The number of pyridine rings is 1. The Morgan fingerprint density at radius 3 is 2.72 bits per heavy atom. The van der Waals surface area contributed by atoms with E-state index in [1.807, 2.05) is 6.07 Å². The molecule has 0 spiro atoms. The Bertz CT molecular complexity index is 453. The number of rotatable bonds is 3. The third-order valence-corrected chi connectivity index (χ3v) is 3.38. The van der Waals surface area contributed by atoms with Crippen molar-refractivity contribution in [1.29, 1.82) is 0 Å². The van der Waals surface area contributed by atoms with E-state index < -0.39 is 5.91 Å². The summed E-state index contributed by atoms with van der Waals surface area (Å²) in [5, 5.41) is 0. The number of terminal acetylenes is 1. The van der Waals surface area contributed by atoms with Crippen molar-refractivity contribution in [2.24, 2.45) is 11.7 Å².